The number of benzene rings is 6. The molecule has 0 saturated carbocycles. The number of ether oxygens (including phenoxy) is 8. The summed E-state index contributed by atoms with van der Waals surface area (Å²) >= 11 is 2.69. The van der Waals surface area contributed by atoms with Gasteiger partial charge in [-0.1, -0.05) is 166 Å². The van der Waals surface area contributed by atoms with Crippen molar-refractivity contribution in [3.63, 3.8) is 0 Å². The second-order valence-corrected chi connectivity index (χ2v) is 35.7. The number of methoxy groups -OCH3 is 4. The number of fused-ring (bicyclic) bond motifs is 2. The van der Waals surface area contributed by atoms with E-state index in [1.807, 2.05) is 28.4 Å². The Kier molecular flexibility index (Phi) is 19.5. The van der Waals surface area contributed by atoms with Crippen LogP contribution < -0.4 is 69.7 Å². The van der Waals surface area contributed by atoms with Crippen molar-refractivity contribution < 1.29 is 57.9 Å². The van der Waals surface area contributed by atoms with E-state index in [1.165, 1.54) is 21.2 Å². The van der Waals surface area contributed by atoms with Crippen LogP contribution in [-0.4, -0.2) is 42.0 Å². The van der Waals surface area contributed by atoms with Crippen LogP contribution in [0.3, 0.4) is 0 Å². The number of hydrogen-bond donors (Lipinski definition) is 0. The summed E-state index contributed by atoms with van der Waals surface area (Å²) in [4.78, 5) is 0. The van der Waals surface area contributed by atoms with Gasteiger partial charge in [0.25, 0.3) is 0 Å². The van der Waals surface area contributed by atoms with E-state index >= 15 is 0 Å². The number of hydrogen-bond acceptors (Lipinski definition) is 8. The Labute approximate surface area is 528 Å². The summed E-state index contributed by atoms with van der Waals surface area (Å²) in [5.74, 6) is 6.42. The molecule has 0 spiro atoms. The third-order valence-electron chi connectivity index (χ3n) is 16.4. The first-order chi connectivity index (χ1) is 39.6. The molecule has 86 heavy (non-hydrogen) atoms. The van der Waals surface area contributed by atoms with Crippen molar-refractivity contribution in [1.82, 2.24) is 0 Å². The van der Waals surface area contributed by atoms with Crippen LogP contribution in [0, 0.1) is 0 Å². The van der Waals surface area contributed by atoms with Crippen molar-refractivity contribution in [3.8, 4) is 57.1 Å². The molecule has 2 heterocycles. The molecule has 0 unspecified atom stereocenters. The van der Waals surface area contributed by atoms with Gasteiger partial charge in [-0.3, -0.25) is 0 Å². The van der Waals surface area contributed by atoms with E-state index in [2.05, 4.69) is 255 Å². The third kappa shape index (κ3) is 13.5. The summed E-state index contributed by atoms with van der Waals surface area (Å²) in [6.07, 6.45) is 0. The van der Waals surface area contributed by atoms with Crippen LogP contribution in [0.15, 0.2) is 72.8 Å². The van der Waals surface area contributed by atoms with E-state index in [9.17, 15) is 0 Å². The van der Waals surface area contributed by atoms with Gasteiger partial charge in [0.2, 0.25) is 13.6 Å². The Hall–Kier alpha value is -4.97. The van der Waals surface area contributed by atoms with Gasteiger partial charge in [0.1, 0.15) is 23.0 Å². The summed E-state index contributed by atoms with van der Waals surface area (Å²) in [6, 6.07) is 28.4. The van der Waals surface area contributed by atoms with Gasteiger partial charge >= 0.3 is 20.0 Å². The van der Waals surface area contributed by atoms with Crippen LogP contribution in [0.5, 0.6) is 46.0 Å². The van der Waals surface area contributed by atoms with Gasteiger partial charge < -0.3 is 37.9 Å². The predicted octanol–water partition coefficient (Wildman–Crippen LogP) is 17.2. The van der Waals surface area contributed by atoms with Crippen molar-refractivity contribution >= 4 is 47.7 Å². The van der Waals surface area contributed by atoms with Crippen LogP contribution in [0.25, 0.3) is 11.1 Å². The van der Waals surface area contributed by atoms with E-state index < -0.39 is 15.8 Å². The fraction of sp³-hybridized carbons (Fsp3) is 0.514. The zero-order valence-electron chi connectivity index (χ0n) is 57.2. The van der Waals surface area contributed by atoms with Gasteiger partial charge in [0, 0.05) is 55.6 Å². The molecule has 0 atom stereocenters. The second-order valence-electron chi connectivity index (χ2n) is 31.4. The zero-order chi connectivity index (χ0) is 64.6. The first kappa shape index (κ1) is 68.5. The Morgan fingerprint density at radius 1 is 0.314 bits per heavy atom. The fourth-order valence-corrected chi connectivity index (χ4v) is 17.0. The topological polar surface area (TPSA) is 73.8 Å². The standard InChI is InChI=1S/C74H100O8P2.Cu.FH/c1-67(2,3)47-33-43(34-48(61(47)75-25)68(4,5)6)83(44-35-49(69(7,8)9)62(76-26)50(36-44)70(10,11)12)57-31-29-55-65(81-41-79-55)59(57)60-58(32-30-56-66(60)82-42-80-56)84(45-37-51(71(13,14)15)63(77-27)52(38-45)72(16,17)18)46-39-53(73(19,20)21)64(78-28)54(40-46)74(22,23)24;;/h29-40H,41-42H2,1-28H3;;1H/q;+1;/p-1. The van der Waals surface area contributed by atoms with Gasteiger partial charge in [-0.15, -0.1) is 0 Å². The quantitative estimate of drug-likeness (QED) is 0.0938. The van der Waals surface area contributed by atoms with E-state index in [4.69, 9.17) is 41.4 Å². The fourth-order valence-electron chi connectivity index (χ4n) is 11.9. The molecule has 8 rings (SSSR count). The summed E-state index contributed by atoms with van der Waals surface area (Å²) in [5.41, 5.74) is 8.79. The normalized spacial score (nSPS) is 14.0. The van der Waals surface area contributed by atoms with Gasteiger partial charge in [-0.25, -0.2) is 0 Å². The Morgan fingerprint density at radius 2 is 0.500 bits per heavy atom. The van der Waals surface area contributed by atoms with Crippen molar-refractivity contribution in [2.24, 2.45) is 0 Å². The van der Waals surface area contributed by atoms with Gasteiger partial charge in [-0.2, -0.15) is 0 Å². The number of rotatable bonds is 11. The van der Waals surface area contributed by atoms with E-state index in [1.54, 1.807) is 0 Å². The van der Waals surface area contributed by atoms with E-state index in [0.29, 0.717) is 23.0 Å². The molecule has 0 radical (unpaired) electrons. The Morgan fingerprint density at radius 3 is 0.663 bits per heavy atom. The van der Waals surface area contributed by atoms with E-state index in [-0.39, 0.29) is 56.9 Å². The molecule has 0 amide bonds. The molecule has 0 fully saturated rings. The van der Waals surface area contributed by atoms with Gasteiger partial charge in [0.15, 0.2) is 23.0 Å². The minimum absolute atomic E-state index is 0.0701. The average Bonchev–Trinajstić information content (AvgIpc) is 1.11. The molecular weight excluding hydrogens is 1160 g/mol. The van der Waals surface area contributed by atoms with Gasteiger partial charge in [0.05, 0.1) is 28.4 Å². The average molecular weight is 1260 g/mol. The first-order valence-corrected chi connectivity index (χ1v) is 33.1. The van der Waals surface area contributed by atoms with Crippen molar-refractivity contribution in [3.05, 3.63) is 117 Å². The molecular formula is C74H100CuFO8P2. The molecule has 2 aliphatic rings. The summed E-state index contributed by atoms with van der Waals surface area (Å²) in [5, 5.41) is 6.98. The maximum absolute atomic E-state index is 9.06. The molecule has 472 valence electrons. The van der Waals surface area contributed by atoms with Crippen molar-refractivity contribution in [2.45, 2.75) is 209 Å². The third-order valence-corrected chi connectivity index (χ3v) is 21.2. The molecule has 0 N–H and O–H groups in total. The van der Waals surface area contributed by atoms with Crippen LogP contribution >= 0.6 is 15.8 Å². The molecule has 8 nitrogen and oxygen atoms in total. The predicted molar refractivity (Wildman–Crippen MR) is 358 cm³/mol. The molecule has 0 aromatic heterocycles. The van der Waals surface area contributed by atoms with Crippen LogP contribution in [0.4, 0.5) is 3.55 Å². The van der Waals surface area contributed by atoms with E-state index in [0.717, 1.165) is 89.2 Å². The SMILES string of the molecule is COc1c(C(C)(C)C)cc(P(c2cc(C(C)(C)C)c(OC)c(C(C)(C)C)c2)c2ccc3c(c2-c2c(P(c4cc(C(C)(C)C)c(OC)c(C(C)(C)C)c4)c4cc(C(C)(C)C)c(OC)c(C(C)(C)C)c4)ccc4c2OCO4)OCO3)cc1C(C)(C)C.[F][Cu]. The van der Waals surface area contributed by atoms with Crippen LogP contribution in [0.1, 0.15) is 211 Å². The zero-order valence-corrected chi connectivity index (χ0v) is 59.9. The minimum atomic E-state index is -1.50. The molecule has 12 heteroatoms. The number of halogens is 1. The van der Waals surface area contributed by atoms with Crippen molar-refractivity contribution in [2.75, 3.05) is 42.0 Å². The van der Waals surface area contributed by atoms with Gasteiger partial charge in [-0.05, 0) is 164 Å². The molecule has 2 aliphatic heterocycles. The summed E-state index contributed by atoms with van der Waals surface area (Å²) < 4.78 is 62.2. The maximum atomic E-state index is 9.06. The van der Waals surface area contributed by atoms with Crippen LogP contribution in [0.2, 0.25) is 0 Å². The Bertz CT molecular complexity index is 2950. The second kappa shape index (κ2) is 24.4. The van der Waals surface area contributed by atoms with Crippen molar-refractivity contribution in [1.29, 1.82) is 0 Å². The molecule has 0 saturated heterocycles. The summed E-state index contributed by atoms with van der Waals surface area (Å²) in [6.45, 7) is 55.2. The Balaban J connectivity index is 0.00000523. The summed E-state index contributed by atoms with van der Waals surface area (Å²) in [7, 11) is 4.29. The molecule has 6 aromatic carbocycles. The monoisotopic (exact) mass is 1260 g/mol. The molecule has 0 aliphatic carbocycles. The molecule has 6 aromatic rings. The molecule has 0 bridgehead atoms. The van der Waals surface area contributed by atoms with Crippen LogP contribution in [-0.2, 0) is 59.8 Å². The first-order valence-electron chi connectivity index (χ1n) is 30.1.